The average molecular weight is 196 g/mol. The second-order valence-corrected chi connectivity index (χ2v) is 3.58. The van der Waals surface area contributed by atoms with E-state index < -0.39 is 0 Å². The van der Waals surface area contributed by atoms with E-state index in [0.29, 0.717) is 6.54 Å². The van der Waals surface area contributed by atoms with Crippen molar-refractivity contribution in [3.63, 3.8) is 0 Å². The molecule has 0 aliphatic carbocycles. The summed E-state index contributed by atoms with van der Waals surface area (Å²) in [5.41, 5.74) is 7.63. The fraction of sp³-hybridized carbons (Fsp3) is 0.667. The number of imidazole rings is 1. The van der Waals surface area contributed by atoms with Crippen molar-refractivity contribution in [3.05, 3.63) is 21.9 Å². The van der Waals surface area contributed by atoms with Crippen molar-refractivity contribution in [3.8, 4) is 0 Å². The van der Waals surface area contributed by atoms with Crippen LogP contribution in [0, 0.1) is 0 Å². The third-order valence-corrected chi connectivity index (χ3v) is 2.61. The standard InChI is InChI=1S/C9H16N4O/c10-3-1-5-13-8-6-11-4-2-7(8)12-9(13)14/h11H,1-6,10H2,(H,12,14). The van der Waals surface area contributed by atoms with E-state index >= 15 is 0 Å². The Bertz CT molecular complexity index is 365. The summed E-state index contributed by atoms with van der Waals surface area (Å²) in [6.07, 6.45) is 1.77. The molecule has 5 heteroatoms. The summed E-state index contributed by atoms with van der Waals surface area (Å²) in [6.45, 7) is 3.09. The zero-order valence-electron chi connectivity index (χ0n) is 8.18. The van der Waals surface area contributed by atoms with E-state index in [1.165, 1.54) is 0 Å². The fourth-order valence-corrected chi connectivity index (χ4v) is 1.87. The van der Waals surface area contributed by atoms with Gasteiger partial charge in [-0.1, -0.05) is 0 Å². The maximum atomic E-state index is 11.6. The molecule has 1 aliphatic heterocycles. The Kier molecular flexibility index (Phi) is 2.69. The molecule has 0 radical (unpaired) electrons. The topological polar surface area (TPSA) is 75.8 Å². The lowest BCUT2D eigenvalue weighted by atomic mass is 10.2. The lowest BCUT2D eigenvalue weighted by Crippen LogP contribution is -2.27. The molecule has 0 spiro atoms. The number of H-pyrrole nitrogens is 1. The Hall–Kier alpha value is -1.07. The molecule has 0 saturated carbocycles. The van der Waals surface area contributed by atoms with E-state index in [4.69, 9.17) is 5.73 Å². The molecule has 4 N–H and O–H groups in total. The van der Waals surface area contributed by atoms with Crippen LogP contribution < -0.4 is 16.7 Å². The highest BCUT2D eigenvalue weighted by Gasteiger charge is 2.16. The SMILES string of the molecule is NCCCn1c2c([nH]c1=O)CCNC2. The Labute approximate surface area is 82.3 Å². The van der Waals surface area contributed by atoms with Gasteiger partial charge in [0.2, 0.25) is 0 Å². The molecule has 2 rings (SSSR count). The zero-order chi connectivity index (χ0) is 9.97. The number of hydrogen-bond donors (Lipinski definition) is 3. The van der Waals surface area contributed by atoms with Crippen molar-refractivity contribution in [2.45, 2.75) is 25.9 Å². The highest BCUT2D eigenvalue weighted by Crippen LogP contribution is 2.09. The summed E-state index contributed by atoms with van der Waals surface area (Å²) in [5, 5.41) is 3.26. The second kappa shape index (κ2) is 3.98. The highest BCUT2D eigenvalue weighted by molar-refractivity contribution is 5.16. The van der Waals surface area contributed by atoms with Crippen LogP contribution in [-0.2, 0) is 19.5 Å². The van der Waals surface area contributed by atoms with Gasteiger partial charge in [-0.3, -0.25) is 4.57 Å². The van der Waals surface area contributed by atoms with Crippen LogP contribution in [0.3, 0.4) is 0 Å². The van der Waals surface area contributed by atoms with E-state index in [1.54, 1.807) is 4.57 Å². The molecule has 1 aliphatic rings. The average Bonchev–Trinajstić information content (AvgIpc) is 2.51. The minimum Gasteiger partial charge on any atom is -0.330 e. The molecule has 0 unspecified atom stereocenters. The molecule has 0 saturated heterocycles. The predicted molar refractivity (Wildman–Crippen MR) is 54.1 cm³/mol. The van der Waals surface area contributed by atoms with Gasteiger partial charge in [-0.2, -0.15) is 0 Å². The first kappa shape index (κ1) is 9.48. The van der Waals surface area contributed by atoms with Crippen LogP contribution in [0.15, 0.2) is 4.79 Å². The van der Waals surface area contributed by atoms with Crippen molar-refractivity contribution in [2.75, 3.05) is 13.1 Å². The monoisotopic (exact) mass is 196 g/mol. The Morgan fingerprint density at radius 3 is 3.14 bits per heavy atom. The third-order valence-electron chi connectivity index (χ3n) is 2.61. The number of nitrogens with one attached hydrogen (secondary N) is 2. The van der Waals surface area contributed by atoms with Gasteiger partial charge in [0.1, 0.15) is 0 Å². The van der Waals surface area contributed by atoms with Crippen LogP contribution in [0.25, 0.3) is 0 Å². The minimum absolute atomic E-state index is 0.00662. The van der Waals surface area contributed by atoms with Crippen LogP contribution in [-0.4, -0.2) is 22.6 Å². The van der Waals surface area contributed by atoms with Gasteiger partial charge in [-0.15, -0.1) is 0 Å². The van der Waals surface area contributed by atoms with Gasteiger partial charge in [0.15, 0.2) is 0 Å². The summed E-state index contributed by atoms with van der Waals surface area (Å²) in [7, 11) is 0. The minimum atomic E-state index is 0.00662. The molecule has 1 aromatic heterocycles. The molecule has 2 heterocycles. The Morgan fingerprint density at radius 2 is 2.36 bits per heavy atom. The summed E-state index contributed by atoms with van der Waals surface area (Å²) in [4.78, 5) is 14.5. The van der Waals surface area contributed by atoms with Gasteiger partial charge in [0.25, 0.3) is 0 Å². The van der Waals surface area contributed by atoms with Crippen molar-refractivity contribution in [2.24, 2.45) is 5.73 Å². The first-order valence-corrected chi connectivity index (χ1v) is 5.04. The number of aromatic nitrogens is 2. The lowest BCUT2D eigenvalue weighted by molar-refractivity contribution is 0.557. The van der Waals surface area contributed by atoms with Gasteiger partial charge < -0.3 is 16.0 Å². The summed E-state index contributed by atoms with van der Waals surface area (Å²) in [5.74, 6) is 0. The van der Waals surface area contributed by atoms with Crippen LogP contribution in [0.4, 0.5) is 0 Å². The Balaban J connectivity index is 2.28. The zero-order valence-corrected chi connectivity index (χ0v) is 8.18. The Morgan fingerprint density at radius 1 is 1.50 bits per heavy atom. The molecule has 0 atom stereocenters. The number of aromatic amines is 1. The van der Waals surface area contributed by atoms with E-state index in [1.807, 2.05) is 0 Å². The molecule has 0 amide bonds. The fourth-order valence-electron chi connectivity index (χ4n) is 1.87. The molecule has 0 fully saturated rings. The quantitative estimate of drug-likeness (QED) is 0.590. The van der Waals surface area contributed by atoms with Gasteiger partial charge in [0, 0.05) is 31.7 Å². The lowest BCUT2D eigenvalue weighted by Gasteiger charge is -2.14. The molecule has 1 aromatic rings. The van der Waals surface area contributed by atoms with Gasteiger partial charge in [-0.25, -0.2) is 4.79 Å². The molecular weight excluding hydrogens is 180 g/mol. The number of nitrogens with zero attached hydrogens (tertiary/aromatic N) is 1. The third kappa shape index (κ3) is 1.60. The highest BCUT2D eigenvalue weighted by atomic mass is 16.1. The first-order chi connectivity index (χ1) is 6.83. The van der Waals surface area contributed by atoms with Crippen LogP contribution in [0.5, 0.6) is 0 Å². The van der Waals surface area contributed by atoms with Gasteiger partial charge in [-0.05, 0) is 13.0 Å². The van der Waals surface area contributed by atoms with Crippen molar-refractivity contribution >= 4 is 0 Å². The van der Waals surface area contributed by atoms with E-state index in [2.05, 4.69) is 10.3 Å². The first-order valence-electron chi connectivity index (χ1n) is 5.04. The van der Waals surface area contributed by atoms with E-state index in [9.17, 15) is 4.79 Å². The van der Waals surface area contributed by atoms with Crippen LogP contribution in [0.2, 0.25) is 0 Å². The van der Waals surface area contributed by atoms with E-state index in [0.717, 1.165) is 43.9 Å². The van der Waals surface area contributed by atoms with Gasteiger partial charge in [0.05, 0.1) is 5.69 Å². The second-order valence-electron chi connectivity index (χ2n) is 3.58. The largest absolute Gasteiger partial charge is 0.330 e. The molecule has 5 nitrogen and oxygen atoms in total. The van der Waals surface area contributed by atoms with E-state index in [-0.39, 0.29) is 5.69 Å². The number of nitrogens with two attached hydrogens (primary N) is 1. The molecular formula is C9H16N4O. The van der Waals surface area contributed by atoms with Gasteiger partial charge >= 0.3 is 5.69 Å². The number of rotatable bonds is 3. The number of fused-ring (bicyclic) bond motifs is 1. The molecule has 14 heavy (non-hydrogen) atoms. The maximum Gasteiger partial charge on any atom is 0.325 e. The molecule has 78 valence electrons. The smallest absolute Gasteiger partial charge is 0.325 e. The van der Waals surface area contributed by atoms with Crippen molar-refractivity contribution in [1.29, 1.82) is 0 Å². The van der Waals surface area contributed by atoms with Crippen molar-refractivity contribution in [1.82, 2.24) is 14.9 Å². The molecule has 0 bridgehead atoms. The summed E-state index contributed by atoms with van der Waals surface area (Å²) < 4.78 is 1.80. The van der Waals surface area contributed by atoms with Crippen LogP contribution in [0.1, 0.15) is 17.8 Å². The summed E-state index contributed by atoms with van der Waals surface area (Å²) >= 11 is 0. The predicted octanol–water partition coefficient (Wildman–Crippen LogP) is -0.829. The normalized spacial score (nSPS) is 15.5. The van der Waals surface area contributed by atoms with Crippen LogP contribution >= 0.6 is 0 Å². The molecule has 0 aromatic carbocycles. The maximum absolute atomic E-state index is 11.6. The van der Waals surface area contributed by atoms with Crippen molar-refractivity contribution < 1.29 is 0 Å². The summed E-state index contributed by atoms with van der Waals surface area (Å²) in [6, 6.07) is 0. The number of hydrogen-bond acceptors (Lipinski definition) is 3.